The highest BCUT2D eigenvalue weighted by atomic mass is 16.2. The van der Waals surface area contributed by atoms with Gasteiger partial charge in [-0.1, -0.05) is 54.6 Å². The van der Waals surface area contributed by atoms with Crippen LogP contribution in [0.15, 0.2) is 78.9 Å². The van der Waals surface area contributed by atoms with Gasteiger partial charge in [-0.2, -0.15) is 0 Å². The van der Waals surface area contributed by atoms with Crippen LogP contribution in [0.1, 0.15) is 20.7 Å². The molecule has 0 fully saturated rings. The maximum absolute atomic E-state index is 12.7. The average Bonchev–Trinajstić information content (AvgIpc) is 2.68. The van der Waals surface area contributed by atoms with E-state index < -0.39 is 0 Å². The van der Waals surface area contributed by atoms with Crippen LogP contribution in [0.2, 0.25) is 0 Å². The molecule has 0 aromatic heterocycles. The third-order valence-electron chi connectivity index (χ3n) is 3.89. The Kier molecular flexibility index (Phi) is 4.90. The summed E-state index contributed by atoms with van der Waals surface area (Å²) in [6.45, 7) is 0. The Morgan fingerprint density at radius 1 is 0.640 bits per heavy atom. The lowest BCUT2D eigenvalue weighted by molar-refractivity contribution is 0.0962. The minimum absolute atomic E-state index is 0.186. The summed E-state index contributed by atoms with van der Waals surface area (Å²) in [5.41, 5.74) is 3.21. The lowest BCUT2D eigenvalue weighted by Crippen LogP contribution is -2.19. The van der Waals surface area contributed by atoms with Crippen molar-refractivity contribution in [1.82, 2.24) is 5.32 Å². The highest BCUT2D eigenvalue weighted by Crippen LogP contribution is 2.28. The molecule has 0 aliphatic heterocycles. The van der Waals surface area contributed by atoms with E-state index in [-0.39, 0.29) is 11.8 Å². The highest BCUT2D eigenvalue weighted by Gasteiger charge is 2.17. The summed E-state index contributed by atoms with van der Waals surface area (Å²) >= 11 is 0. The summed E-state index contributed by atoms with van der Waals surface area (Å²) in [5.74, 6) is -0.401. The van der Waals surface area contributed by atoms with E-state index in [1.165, 1.54) is 0 Å². The first-order valence-electron chi connectivity index (χ1n) is 7.97. The van der Waals surface area contributed by atoms with Gasteiger partial charge < -0.3 is 10.6 Å². The molecule has 0 aliphatic rings. The number of carbonyl (C=O) groups is 2. The normalized spacial score (nSPS) is 10.1. The van der Waals surface area contributed by atoms with Crippen LogP contribution in [0, 0.1) is 0 Å². The van der Waals surface area contributed by atoms with Crippen molar-refractivity contribution in [2.45, 2.75) is 0 Å². The number of carbonyl (C=O) groups excluding carboxylic acids is 2. The maximum Gasteiger partial charge on any atom is 0.256 e. The van der Waals surface area contributed by atoms with Crippen LogP contribution in [-0.2, 0) is 0 Å². The molecule has 0 spiro atoms. The fourth-order valence-electron chi connectivity index (χ4n) is 2.69. The monoisotopic (exact) mass is 330 g/mol. The van der Waals surface area contributed by atoms with Crippen molar-refractivity contribution in [2.24, 2.45) is 0 Å². The van der Waals surface area contributed by atoms with Gasteiger partial charge in [0.05, 0.1) is 0 Å². The zero-order valence-corrected chi connectivity index (χ0v) is 13.8. The molecule has 0 bridgehead atoms. The first-order valence-corrected chi connectivity index (χ1v) is 7.97. The van der Waals surface area contributed by atoms with Gasteiger partial charge in [-0.15, -0.1) is 0 Å². The molecule has 3 aromatic rings. The Hall–Kier alpha value is -3.40. The van der Waals surface area contributed by atoms with Crippen molar-refractivity contribution in [3.63, 3.8) is 0 Å². The second kappa shape index (κ2) is 7.45. The van der Waals surface area contributed by atoms with Gasteiger partial charge >= 0.3 is 0 Å². The Balaban J connectivity index is 2.03. The van der Waals surface area contributed by atoms with E-state index in [2.05, 4.69) is 10.6 Å². The highest BCUT2D eigenvalue weighted by molar-refractivity contribution is 6.10. The van der Waals surface area contributed by atoms with Crippen molar-refractivity contribution in [1.29, 1.82) is 0 Å². The van der Waals surface area contributed by atoms with Gasteiger partial charge in [-0.25, -0.2) is 0 Å². The fourth-order valence-corrected chi connectivity index (χ4v) is 2.69. The lowest BCUT2D eigenvalue weighted by Gasteiger charge is -2.13. The molecule has 2 amide bonds. The van der Waals surface area contributed by atoms with Gasteiger partial charge in [-0.3, -0.25) is 9.59 Å². The van der Waals surface area contributed by atoms with Crippen molar-refractivity contribution >= 4 is 17.5 Å². The number of rotatable bonds is 4. The van der Waals surface area contributed by atoms with Crippen molar-refractivity contribution < 1.29 is 9.59 Å². The molecule has 0 heterocycles. The van der Waals surface area contributed by atoms with Crippen LogP contribution in [0.25, 0.3) is 11.1 Å². The summed E-state index contributed by atoms with van der Waals surface area (Å²) in [4.78, 5) is 24.9. The number of benzene rings is 3. The zero-order valence-electron chi connectivity index (χ0n) is 13.8. The third-order valence-corrected chi connectivity index (χ3v) is 3.89. The minimum atomic E-state index is -0.214. The number of anilines is 1. The number of para-hydroxylation sites is 1. The first kappa shape index (κ1) is 16.5. The molecule has 0 atom stereocenters. The molecule has 25 heavy (non-hydrogen) atoms. The van der Waals surface area contributed by atoms with Crippen molar-refractivity contribution in [3.8, 4) is 11.1 Å². The molecule has 4 heteroatoms. The van der Waals surface area contributed by atoms with Gasteiger partial charge in [0.2, 0.25) is 0 Å². The largest absolute Gasteiger partial charge is 0.355 e. The van der Waals surface area contributed by atoms with E-state index in [1.807, 2.05) is 60.7 Å². The molecule has 2 N–H and O–H groups in total. The number of amides is 2. The fraction of sp³-hybridized carbons (Fsp3) is 0.0476. The SMILES string of the molecule is CNC(=O)c1ccccc1-c1ccccc1C(=O)Nc1ccccc1. The van der Waals surface area contributed by atoms with Crippen molar-refractivity contribution in [2.75, 3.05) is 12.4 Å². The summed E-state index contributed by atoms with van der Waals surface area (Å²) in [6.07, 6.45) is 0. The second-order valence-electron chi connectivity index (χ2n) is 5.49. The third kappa shape index (κ3) is 3.58. The van der Waals surface area contributed by atoms with Crippen LogP contribution in [-0.4, -0.2) is 18.9 Å². The van der Waals surface area contributed by atoms with E-state index in [4.69, 9.17) is 0 Å². The molecule has 0 saturated heterocycles. The summed E-state index contributed by atoms with van der Waals surface area (Å²) < 4.78 is 0. The van der Waals surface area contributed by atoms with E-state index >= 15 is 0 Å². The molecule has 3 aromatic carbocycles. The maximum atomic E-state index is 12.7. The Labute approximate surface area is 146 Å². The van der Waals surface area contributed by atoms with E-state index in [1.54, 1.807) is 25.2 Å². The summed E-state index contributed by atoms with van der Waals surface area (Å²) in [5, 5.41) is 5.53. The van der Waals surface area contributed by atoms with Crippen LogP contribution in [0.5, 0.6) is 0 Å². The van der Waals surface area contributed by atoms with E-state index in [0.717, 1.165) is 16.8 Å². The van der Waals surface area contributed by atoms with Crippen LogP contribution >= 0.6 is 0 Å². The van der Waals surface area contributed by atoms with Crippen LogP contribution < -0.4 is 10.6 Å². The van der Waals surface area contributed by atoms with E-state index in [9.17, 15) is 9.59 Å². The Morgan fingerprint density at radius 3 is 1.68 bits per heavy atom. The van der Waals surface area contributed by atoms with Crippen molar-refractivity contribution in [3.05, 3.63) is 90.0 Å². The predicted octanol–water partition coefficient (Wildman–Crippen LogP) is 3.97. The minimum Gasteiger partial charge on any atom is -0.355 e. The van der Waals surface area contributed by atoms with Gasteiger partial charge in [0.25, 0.3) is 11.8 Å². The molecule has 0 aliphatic carbocycles. The van der Waals surface area contributed by atoms with Gasteiger partial charge in [0, 0.05) is 23.9 Å². The molecular weight excluding hydrogens is 312 g/mol. The lowest BCUT2D eigenvalue weighted by atomic mass is 9.94. The van der Waals surface area contributed by atoms with Gasteiger partial charge in [-0.05, 0) is 35.4 Å². The molecule has 3 rings (SSSR count). The first-order chi connectivity index (χ1) is 12.2. The van der Waals surface area contributed by atoms with Gasteiger partial charge in [0.15, 0.2) is 0 Å². The van der Waals surface area contributed by atoms with E-state index in [0.29, 0.717) is 11.1 Å². The van der Waals surface area contributed by atoms with Gasteiger partial charge in [0.1, 0.15) is 0 Å². The van der Waals surface area contributed by atoms with Crippen LogP contribution in [0.4, 0.5) is 5.69 Å². The zero-order chi connectivity index (χ0) is 17.6. The van der Waals surface area contributed by atoms with Crippen LogP contribution in [0.3, 0.4) is 0 Å². The summed E-state index contributed by atoms with van der Waals surface area (Å²) in [6, 6.07) is 23.8. The molecule has 0 radical (unpaired) electrons. The average molecular weight is 330 g/mol. The second-order valence-corrected chi connectivity index (χ2v) is 5.49. The molecule has 124 valence electrons. The number of hydrogen-bond acceptors (Lipinski definition) is 2. The Morgan fingerprint density at radius 2 is 1.12 bits per heavy atom. The number of hydrogen-bond donors (Lipinski definition) is 2. The molecule has 0 saturated carbocycles. The molecule has 0 unspecified atom stereocenters. The molecular formula is C21H18N2O2. The smallest absolute Gasteiger partial charge is 0.256 e. The predicted molar refractivity (Wildman–Crippen MR) is 99.7 cm³/mol. The topological polar surface area (TPSA) is 58.2 Å². The molecule has 4 nitrogen and oxygen atoms in total. The summed E-state index contributed by atoms with van der Waals surface area (Å²) in [7, 11) is 1.59. The standard InChI is InChI=1S/C21H18N2O2/c1-22-20(24)18-13-7-5-11-16(18)17-12-6-8-14-19(17)21(25)23-15-9-3-2-4-10-15/h2-14H,1H3,(H,22,24)(H,23,25). The Bertz CT molecular complexity index is 905. The quantitative estimate of drug-likeness (QED) is 0.760. The number of nitrogens with one attached hydrogen (secondary N) is 2.